The van der Waals surface area contributed by atoms with Crippen LogP contribution in [0.3, 0.4) is 0 Å². The van der Waals surface area contributed by atoms with E-state index in [1.807, 2.05) is 44.2 Å². The summed E-state index contributed by atoms with van der Waals surface area (Å²) in [4.78, 5) is 0. The first-order valence-electron chi connectivity index (χ1n) is 10.7. The van der Waals surface area contributed by atoms with Crippen LogP contribution in [0.1, 0.15) is 48.3 Å². The highest BCUT2D eigenvalue weighted by Crippen LogP contribution is 2.35. The Morgan fingerprint density at radius 3 is 2.28 bits per heavy atom. The lowest BCUT2D eigenvalue weighted by atomic mass is 9.90. The number of halogens is 1. The van der Waals surface area contributed by atoms with E-state index in [0.717, 1.165) is 16.7 Å². The number of aliphatic hydroxyl groups is 4. The maximum Gasteiger partial charge on any atom is 0.163 e. The maximum atomic E-state index is 10.4. The van der Waals surface area contributed by atoms with Crippen molar-refractivity contribution in [2.75, 3.05) is 13.2 Å². The Morgan fingerprint density at radius 2 is 1.66 bits per heavy atom. The molecule has 2 aliphatic rings. The summed E-state index contributed by atoms with van der Waals surface area (Å²) in [6.07, 6.45) is -5.56. The van der Waals surface area contributed by atoms with Crippen molar-refractivity contribution in [3.8, 4) is 0 Å². The SMILES string of the molecule is CC1(C)OCC(c2ccc(Cc3cc([C@@H]4O[C@H](CO)[C@@H](O)[C@H](O)[C@H]4O)ccc3Cl)cc2)O1. The van der Waals surface area contributed by atoms with Gasteiger partial charge in [0.15, 0.2) is 5.79 Å². The lowest BCUT2D eigenvalue weighted by molar-refractivity contribution is -0.231. The molecule has 2 aromatic rings. The lowest BCUT2D eigenvalue weighted by Gasteiger charge is -2.40. The first-order valence-corrected chi connectivity index (χ1v) is 11.1. The van der Waals surface area contributed by atoms with Gasteiger partial charge in [0.2, 0.25) is 0 Å². The Kier molecular flexibility index (Phi) is 6.91. The molecule has 0 saturated carbocycles. The minimum absolute atomic E-state index is 0.0999. The van der Waals surface area contributed by atoms with Gasteiger partial charge in [-0.25, -0.2) is 0 Å². The maximum absolute atomic E-state index is 10.4. The number of benzene rings is 2. The van der Waals surface area contributed by atoms with Gasteiger partial charge in [0.25, 0.3) is 0 Å². The molecular formula is C24H29ClO7. The van der Waals surface area contributed by atoms with Crippen LogP contribution < -0.4 is 0 Å². The van der Waals surface area contributed by atoms with E-state index < -0.39 is 42.9 Å². The molecule has 2 aliphatic heterocycles. The molecule has 0 aliphatic carbocycles. The fourth-order valence-electron chi connectivity index (χ4n) is 4.21. The molecule has 0 amide bonds. The van der Waals surface area contributed by atoms with Gasteiger partial charge in [-0.1, -0.05) is 48.0 Å². The van der Waals surface area contributed by atoms with Crippen molar-refractivity contribution in [3.05, 3.63) is 69.7 Å². The fraction of sp³-hybridized carbons (Fsp3) is 0.500. The van der Waals surface area contributed by atoms with Gasteiger partial charge in [0.1, 0.15) is 36.6 Å². The summed E-state index contributed by atoms with van der Waals surface area (Å²) < 4.78 is 17.2. The van der Waals surface area contributed by atoms with E-state index in [-0.39, 0.29) is 6.10 Å². The molecule has 8 heteroatoms. The number of hydrogen-bond acceptors (Lipinski definition) is 7. The van der Waals surface area contributed by atoms with Crippen molar-refractivity contribution >= 4 is 11.6 Å². The zero-order valence-electron chi connectivity index (χ0n) is 18.0. The molecule has 2 fully saturated rings. The van der Waals surface area contributed by atoms with Crippen LogP contribution in [0, 0.1) is 0 Å². The number of aliphatic hydroxyl groups excluding tert-OH is 4. The van der Waals surface area contributed by atoms with Gasteiger partial charge in [-0.05, 0) is 48.6 Å². The molecule has 0 aromatic heterocycles. The first kappa shape index (κ1) is 23.6. The highest BCUT2D eigenvalue weighted by Gasteiger charge is 2.44. The Morgan fingerprint density at radius 1 is 0.969 bits per heavy atom. The standard InChI is InChI=1S/C24H29ClO7/c1-24(2)30-12-19(32-24)14-5-3-13(4-6-14)9-16-10-15(7-8-17(16)25)23-22(29)21(28)20(27)18(11-26)31-23/h3-8,10,18-23,26-29H,9,11-12H2,1-2H3/t18-,19?,20-,21+,22-,23+/m1/s1. The van der Waals surface area contributed by atoms with Gasteiger partial charge in [-0.2, -0.15) is 0 Å². The molecular weight excluding hydrogens is 436 g/mol. The highest BCUT2D eigenvalue weighted by atomic mass is 35.5. The number of rotatable bonds is 5. The average molecular weight is 465 g/mol. The molecule has 2 heterocycles. The predicted octanol–water partition coefficient (Wildman–Crippen LogP) is 2.27. The normalized spacial score (nSPS) is 32.2. The van der Waals surface area contributed by atoms with Gasteiger partial charge in [0, 0.05) is 5.02 Å². The van der Waals surface area contributed by atoms with Gasteiger partial charge in [0.05, 0.1) is 13.2 Å². The van der Waals surface area contributed by atoms with Gasteiger partial charge in [-0.3, -0.25) is 0 Å². The second-order valence-corrected chi connectivity index (χ2v) is 9.24. The summed E-state index contributed by atoms with van der Waals surface area (Å²) in [6.45, 7) is 3.83. The Labute approximate surface area is 192 Å². The van der Waals surface area contributed by atoms with Crippen molar-refractivity contribution in [1.82, 2.24) is 0 Å². The second-order valence-electron chi connectivity index (χ2n) is 8.84. The van der Waals surface area contributed by atoms with Crippen LogP contribution in [0.2, 0.25) is 5.02 Å². The van der Waals surface area contributed by atoms with Crippen molar-refractivity contribution in [1.29, 1.82) is 0 Å². The van der Waals surface area contributed by atoms with Crippen LogP contribution in [-0.2, 0) is 20.6 Å². The van der Waals surface area contributed by atoms with Gasteiger partial charge >= 0.3 is 0 Å². The predicted molar refractivity (Wildman–Crippen MR) is 117 cm³/mol. The fourth-order valence-corrected chi connectivity index (χ4v) is 4.39. The quantitative estimate of drug-likeness (QED) is 0.537. The van der Waals surface area contributed by atoms with Crippen LogP contribution in [0.5, 0.6) is 0 Å². The molecule has 0 bridgehead atoms. The first-order chi connectivity index (χ1) is 15.2. The molecule has 174 valence electrons. The minimum Gasteiger partial charge on any atom is -0.394 e. The van der Waals surface area contributed by atoms with Crippen molar-refractivity contribution in [2.24, 2.45) is 0 Å². The van der Waals surface area contributed by atoms with E-state index in [2.05, 4.69) is 0 Å². The molecule has 2 saturated heterocycles. The zero-order valence-corrected chi connectivity index (χ0v) is 18.8. The largest absolute Gasteiger partial charge is 0.394 e. The topological polar surface area (TPSA) is 109 Å². The highest BCUT2D eigenvalue weighted by molar-refractivity contribution is 6.31. The van der Waals surface area contributed by atoms with Crippen LogP contribution in [0.4, 0.5) is 0 Å². The third-order valence-electron chi connectivity index (χ3n) is 6.05. The van der Waals surface area contributed by atoms with Crippen molar-refractivity contribution in [3.63, 3.8) is 0 Å². The Balaban J connectivity index is 1.51. The summed E-state index contributed by atoms with van der Waals surface area (Å²) in [6, 6.07) is 13.3. The molecule has 0 radical (unpaired) electrons. The Bertz CT molecular complexity index is 930. The van der Waals surface area contributed by atoms with Crippen molar-refractivity contribution in [2.45, 2.75) is 62.7 Å². The molecule has 32 heavy (non-hydrogen) atoms. The minimum atomic E-state index is -1.43. The molecule has 0 spiro atoms. The summed E-state index contributed by atoms with van der Waals surface area (Å²) in [5.74, 6) is -0.582. The molecule has 7 nitrogen and oxygen atoms in total. The van der Waals surface area contributed by atoms with Gasteiger partial charge in [-0.15, -0.1) is 0 Å². The zero-order chi connectivity index (χ0) is 23.0. The van der Waals surface area contributed by atoms with E-state index in [9.17, 15) is 20.4 Å². The second kappa shape index (κ2) is 9.37. The third kappa shape index (κ3) is 4.85. The van der Waals surface area contributed by atoms with Crippen molar-refractivity contribution < 1.29 is 34.6 Å². The number of hydrogen-bond donors (Lipinski definition) is 4. The number of ether oxygens (including phenoxy) is 3. The van der Waals surface area contributed by atoms with E-state index in [1.165, 1.54) is 0 Å². The Hall–Kier alpha value is -1.55. The third-order valence-corrected chi connectivity index (χ3v) is 6.41. The molecule has 6 atom stereocenters. The molecule has 2 aromatic carbocycles. The average Bonchev–Trinajstić information content (AvgIpc) is 3.14. The summed E-state index contributed by atoms with van der Waals surface area (Å²) >= 11 is 6.43. The summed E-state index contributed by atoms with van der Waals surface area (Å²) in [5.41, 5.74) is 3.52. The smallest absolute Gasteiger partial charge is 0.163 e. The van der Waals surface area contributed by atoms with E-state index in [4.69, 9.17) is 25.8 Å². The van der Waals surface area contributed by atoms with Gasteiger partial charge < -0.3 is 34.6 Å². The van der Waals surface area contributed by atoms with E-state index in [1.54, 1.807) is 12.1 Å². The molecule has 4 rings (SSSR count). The van der Waals surface area contributed by atoms with Crippen LogP contribution in [0.15, 0.2) is 42.5 Å². The molecule has 4 N–H and O–H groups in total. The van der Waals surface area contributed by atoms with E-state index in [0.29, 0.717) is 23.6 Å². The van der Waals surface area contributed by atoms with Crippen LogP contribution in [0.25, 0.3) is 0 Å². The molecule has 1 unspecified atom stereocenters. The van der Waals surface area contributed by atoms with Crippen LogP contribution >= 0.6 is 11.6 Å². The lowest BCUT2D eigenvalue weighted by Crippen LogP contribution is -2.55. The van der Waals surface area contributed by atoms with Crippen LogP contribution in [-0.4, -0.2) is 63.8 Å². The summed E-state index contributed by atoms with van der Waals surface area (Å²) in [5, 5.41) is 40.5. The van der Waals surface area contributed by atoms with E-state index >= 15 is 0 Å². The summed E-state index contributed by atoms with van der Waals surface area (Å²) in [7, 11) is 0. The monoisotopic (exact) mass is 464 g/mol.